The maximum absolute atomic E-state index is 12.9. The Morgan fingerprint density at radius 3 is 2.86 bits per heavy atom. The van der Waals surface area contributed by atoms with Crippen molar-refractivity contribution < 1.29 is 19.2 Å². The number of fused-ring (bicyclic) bond motifs is 1. The van der Waals surface area contributed by atoms with Gasteiger partial charge in [0.1, 0.15) is 29.5 Å². The Morgan fingerprint density at radius 2 is 2.11 bits per heavy atom. The van der Waals surface area contributed by atoms with Gasteiger partial charge in [-0.1, -0.05) is 0 Å². The van der Waals surface area contributed by atoms with Crippen LogP contribution >= 0.6 is 11.3 Å². The van der Waals surface area contributed by atoms with E-state index >= 15 is 0 Å². The summed E-state index contributed by atoms with van der Waals surface area (Å²) in [4.78, 5) is 42.0. The lowest BCUT2D eigenvalue weighted by Crippen LogP contribution is -2.41. The minimum absolute atomic E-state index is 0.0200. The molecule has 3 aromatic rings. The van der Waals surface area contributed by atoms with E-state index in [0.29, 0.717) is 30.6 Å². The molecule has 2 aromatic heterocycles. The number of nitro groups is 1. The summed E-state index contributed by atoms with van der Waals surface area (Å²) >= 11 is 1.43. The second kappa shape index (κ2) is 7.39. The molecule has 144 valence electrons. The first-order valence-electron chi connectivity index (χ1n) is 8.65. The number of amides is 1. The molecule has 0 saturated carbocycles. The molecule has 1 amide bonds. The Labute approximate surface area is 163 Å². The van der Waals surface area contributed by atoms with Gasteiger partial charge in [-0.15, -0.1) is 11.3 Å². The molecule has 0 bridgehead atoms. The highest BCUT2D eigenvalue weighted by molar-refractivity contribution is 7.15. The zero-order chi connectivity index (χ0) is 19.7. The maximum atomic E-state index is 12.9. The molecular formula is C18H16N4O5S. The molecule has 28 heavy (non-hydrogen) atoms. The molecule has 0 aliphatic carbocycles. The smallest absolute Gasteiger partial charge is 0.410 e. The number of nitrogens with zero attached hydrogens (tertiary/aromatic N) is 4. The summed E-state index contributed by atoms with van der Waals surface area (Å²) in [6.07, 6.45) is 4.12. The summed E-state index contributed by atoms with van der Waals surface area (Å²) in [6, 6.07) is 5.20. The standard InChI is InChI=1S/C18H16N4O5S/c23-16(15-17-20(11-19-15)8-9-28-17)14-2-1-7-21(14)18(24)27-10-12-3-5-13(6-4-12)22(25)26/h3-6,8-9,11,14H,1-2,7,10H2/t14-/m0/s1. The molecule has 1 atom stereocenters. The predicted octanol–water partition coefficient (Wildman–Crippen LogP) is 3.29. The van der Waals surface area contributed by atoms with Crippen molar-refractivity contribution in [2.75, 3.05) is 6.54 Å². The number of carbonyl (C=O) groups is 2. The first-order chi connectivity index (χ1) is 13.5. The molecule has 0 radical (unpaired) electrons. The summed E-state index contributed by atoms with van der Waals surface area (Å²) in [5, 5.41) is 12.6. The van der Waals surface area contributed by atoms with E-state index in [9.17, 15) is 19.7 Å². The van der Waals surface area contributed by atoms with Crippen molar-refractivity contribution in [2.24, 2.45) is 0 Å². The number of thiazole rings is 1. The lowest BCUT2D eigenvalue weighted by Gasteiger charge is -2.22. The van der Waals surface area contributed by atoms with E-state index < -0.39 is 17.1 Å². The number of ketones is 1. The third-order valence-corrected chi connectivity index (χ3v) is 5.57. The monoisotopic (exact) mass is 400 g/mol. The Balaban J connectivity index is 1.42. The van der Waals surface area contributed by atoms with Crippen molar-refractivity contribution in [3.8, 4) is 0 Å². The van der Waals surface area contributed by atoms with Gasteiger partial charge >= 0.3 is 6.09 Å². The number of benzene rings is 1. The SMILES string of the molecule is O=C(c1ncn2ccsc12)[C@@H]1CCCN1C(=O)OCc1ccc([N+](=O)[O-])cc1. The lowest BCUT2D eigenvalue weighted by atomic mass is 10.1. The Hall–Kier alpha value is -3.27. The number of likely N-dealkylation sites (tertiary alicyclic amines) is 1. The zero-order valence-corrected chi connectivity index (χ0v) is 15.5. The van der Waals surface area contributed by atoms with Crippen LogP contribution in [0, 0.1) is 10.1 Å². The molecular weight excluding hydrogens is 384 g/mol. The number of non-ortho nitro benzene ring substituents is 1. The lowest BCUT2D eigenvalue weighted by molar-refractivity contribution is -0.384. The molecule has 1 fully saturated rings. The largest absolute Gasteiger partial charge is 0.445 e. The van der Waals surface area contributed by atoms with Gasteiger partial charge in [0.05, 0.1) is 4.92 Å². The van der Waals surface area contributed by atoms with Gasteiger partial charge in [-0.25, -0.2) is 9.78 Å². The van der Waals surface area contributed by atoms with Crippen LogP contribution in [0.3, 0.4) is 0 Å². The van der Waals surface area contributed by atoms with Gasteiger partial charge in [0.25, 0.3) is 5.69 Å². The zero-order valence-electron chi connectivity index (χ0n) is 14.7. The average Bonchev–Trinajstić information content (AvgIpc) is 3.42. The van der Waals surface area contributed by atoms with E-state index in [1.807, 2.05) is 11.6 Å². The normalized spacial score (nSPS) is 16.4. The van der Waals surface area contributed by atoms with Gasteiger partial charge in [-0.2, -0.15) is 0 Å². The maximum Gasteiger partial charge on any atom is 0.410 e. The van der Waals surface area contributed by atoms with Crippen LogP contribution in [-0.4, -0.2) is 43.7 Å². The number of aromatic nitrogens is 2. The molecule has 0 spiro atoms. The van der Waals surface area contributed by atoms with Crippen molar-refractivity contribution >= 4 is 33.7 Å². The second-order valence-corrected chi connectivity index (χ2v) is 7.30. The fraction of sp³-hybridized carbons (Fsp3) is 0.278. The van der Waals surface area contributed by atoms with E-state index in [1.165, 1.54) is 40.5 Å². The molecule has 3 heterocycles. The highest BCUT2D eigenvalue weighted by Gasteiger charge is 2.37. The third kappa shape index (κ3) is 3.33. The van der Waals surface area contributed by atoms with Crippen LogP contribution in [0.15, 0.2) is 42.2 Å². The van der Waals surface area contributed by atoms with Crippen molar-refractivity contribution in [3.63, 3.8) is 0 Å². The van der Waals surface area contributed by atoms with Crippen LogP contribution in [0.25, 0.3) is 4.83 Å². The number of Topliss-reactive ketones (excluding diaryl/α,β-unsaturated/α-hetero) is 1. The second-order valence-electron chi connectivity index (χ2n) is 6.40. The first-order valence-corrected chi connectivity index (χ1v) is 9.53. The van der Waals surface area contributed by atoms with Crippen LogP contribution in [-0.2, 0) is 11.3 Å². The highest BCUT2D eigenvalue weighted by atomic mass is 32.1. The summed E-state index contributed by atoms with van der Waals surface area (Å²) < 4.78 is 7.11. The minimum Gasteiger partial charge on any atom is -0.445 e. The Bertz CT molecular complexity index is 1040. The van der Waals surface area contributed by atoms with Crippen LogP contribution in [0.4, 0.5) is 10.5 Å². The molecule has 1 aliphatic rings. The number of hydrogen-bond donors (Lipinski definition) is 0. The van der Waals surface area contributed by atoms with Gasteiger partial charge in [-0.05, 0) is 30.5 Å². The van der Waals surface area contributed by atoms with E-state index in [2.05, 4.69) is 4.98 Å². The molecule has 1 aromatic carbocycles. The molecule has 1 saturated heterocycles. The summed E-state index contributed by atoms with van der Waals surface area (Å²) in [5.41, 5.74) is 0.978. The molecule has 1 aliphatic heterocycles. The summed E-state index contributed by atoms with van der Waals surface area (Å²) in [7, 11) is 0. The number of rotatable bonds is 5. The van der Waals surface area contributed by atoms with Gasteiger partial charge < -0.3 is 4.74 Å². The van der Waals surface area contributed by atoms with Crippen molar-refractivity contribution in [2.45, 2.75) is 25.5 Å². The fourth-order valence-corrected chi connectivity index (χ4v) is 4.08. The Kier molecular flexibility index (Phi) is 4.78. The van der Waals surface area contributed by atoms with Crippen LogP contribution in [0.5, 0.6) is 0 Å². The van der Waals surface area contributed by atoms with Gasteiger partial charge in [0.2, 0.25) is 5.78 Å². The molecule has 4 rings (SSSR count). The molecule has 0 unspecified atom stereocenters. The van der Waals surface area contributed by atoms with Crippen LogP contribution in [0.1, 0.15) is 28.9 Å². The quantitative estimate of drug-likeness (QED) is 0.369. The van der Waals surface area contributed by atoms with E-state index in [1.54, 1.807) is 10.7 Å². The predicted molar refractivity (Wildman–Crippen MR) is 100 cm³/mol. The van der Waals surface area contributed by atoms with Crippen molar-refractivity contribution in [1.82, 2.24) is 14.3 Å². The molecule has 9 nitrogen and oxygen atoms in total. The number of ether oxygens (including phenoxy) is 1. The highest BCUT2D eigenvalue weighted by Crippen LogP contribution is 2.25. The topological polar surface area (TPSA) is 107 Å². The summed E-state index contributed by atoms with van der Waals surface area (Å²) in [6.45, 7) is 0.421. The molecule has 0 N–H and O–H groups in total. The summed E-state index contributed by atoms with van der Waals surface area (Å²) in [5.74, 6) is -0.185. The number of imidazole rings is 1. The van der Waals surface area contributed by atoms with E-state index in [-0.39, 0.29) is 18.1 Å². The van der Waals surface area contributed by atoms with E-state index in [4.69, 9.17) is 4.74 Å². The van der Waals surface area contributed by atoms with E-state index in [0.717, 1.165) is 4.83 Å². The van der Waals surface area contributed by atoms with Gasteiger partial charge in [0.15, 0.2) is 0 Å². The fourth-order valence-electron chi connectivity index (χ4n) is 3.26. The van der Waals surface area contributed by atoms with Crippen LogP contribution < -0.4 is 0 Å². The number of carbonyl (C=O) groups excluding carboxylic acids is 2. The number of nitro benzene ring substituents is 1. The molecule has 10 heteroatoms. The van der Waals surface area contributed by atoms with Gasteiger partial charge in [0, 0.05) is 30.3 Å². The first kappa shape index (κ1) is 18.1. The Morgan fingerprint density at radius 1 is 1.32 bits per heavy atom. The van der Waals surface area contributed by atoms with Crippen molar-refractivity contribution in [3.05, 3.63) is 63.5 Å². The van der Waals surface area contributed by atoms with Crippen LogP contribution in [0.2, 0.25) is 0 Å². The van der Waals surface area contributed by atoms with Crippen molar-refractivity contribution in [1.29, 1.82) is 0 Å². The average molecular weight is 400 g/mol. The van der Waals surface area contributed by atoms with Gasteiger partial charge in [-0.3, -0.25) is 24.2 Å². The number of hydrogen-bond acceptors (Lipinski definition) is 7. The third-order valence-electron chi connectivity index (χ3n) is 4.68. The minimum atomic E-state index is -0.592.